The van der Waals surface area contributed by atoms with Crippen LogP contribution in [-0.4, -0.2) is 30.8 Å². The van der Waals surface area contributed by atoms with Crippen LogP contribution in [0, 0.1) is 25.7 Å². The minimum Gasteiger partial charge on any atom is -0.361 e. The smallest absolute Gasteiger partial charge is 0.191 e. The lowest BCUT2D eigenvalue weighted by molar-refractivity contribution is 0.250. The molecule has 1 aliphatic rings. The van der Waals surface area contributed by atoms with Crippen LogP contribution in [0.2, 0.25) is 0 Å². The largest absolute Gasteiger partial charge is 0.361 e. The maximum absolute atomic E-state index is 5.21. The molecular weight excluding hydrogens is 427 g/mol. The third-order valence-electron chi connectivity index (χ3n) is 5.36. The van der Waals surface area contributed by atoms with Crippen LogP contribution >= 0.6 is 24.0 Å². The van der Waals surface area contributed by atoms with Gasteiger partial charge in [-0.3, -0.25) is 4.99 Å². The van der Waals surface area contributed by atoms with Crippen molar-refractivity contribution in [3.63, 3.8) is 0 Å². The Bertz CT molecular complexity index is 514. The first-order chi connectivity index (χ1) is 11.5. The van der Waals surface area contributed by atoms with Crippen LogP contribution in [-0.2, 0) is 6.42 Å². The summed E-state index contributed by atoms with van der Waals surface area (Å²) in [7, 11) is 1.85. The van der Waals surface area contributed by atoms with Crippen LogP contribution in [0.25, 0.3) is 0 Å². The van der Waals surface area contributed by atoms with E-state index in [4.69, 9.17) is 4.52 Å². The van der Waals surface area contributed by atoms with Crippen LogP contribution in [0.15, 0.2) is 9.52 Å². The van der Waals surface area contributed by atoms with Gasteiger partial charge in [-0.05, 0) is 64.2 Å². The summed E-state index contributed by atoms with van der Waals surface area (Å²) in [6, 6.07) is 0.564. The fourth-order valence-electron chi connectivity index (χ4n) is 3.65. The molecule has 0 saturated heterocycles. The molecule has 0 aliphatic heterocycles. The number of rotatable bonds is 6. The molecule has 1 fully saturated rings. The molecule has 1 aliphatic carbocycles. The average molecular weight is 462 g/mol. The van der Waals surface area contributed by atoms with E-state index < -0.39 is 0 Å². The first-order valence-electron chi connectivity index (χ1n) is 9.40. The van der Waals surface area contributed by atoms with Crippen molar-refractivity contribution in [2.45, 2.75) is 72.3 Å². The topological polar surface area (TPSA) is 62.5 Å². The minimum absolute atomic E-state index is 0. The van der Waals surface area contributed by atoms with E-state index >= 15 is 0 Å². The van der Waals surface area contributed by atoms with Crippen molar-refractivity contribution < 1.29 is 4.52 Å². The summed E-state index contributed by atoms with van der Waals surface area (Å²) in [5.74, 6) is 3.58. The van der Waals surface area contributed by atoms with E-state index in [1.54, 1.807) is 0 Å². The molecule has 0 unspecified atom stereocenters. The molecule has 0 aromatic carbocycles. The predicted octanol–water partition coefficient (Wildman–Crippen LogP) is 4.22. The number of hydrogen-bond acceptors (Lipinski definition) is 3. The van der Waals surface area contributed by atoms with Gasteiger partial charge in [0.15, 0.2) is 5.96 Å². The van der Waals surface area contributed by atoms with E-state index in [9.17, 15) is 0 Å². The van der Waals surface area contributed by atoms with Gasteiger partial charge >= 0.3 is 0 Å². The molecule has 5 nitrogen and oxygen atoms in total. The van der Waals surface area contributed by atoms with Crippen molar-refractivity contribution >= 4 is 29.9 Å². The van der Waals surface area contributed by atoms with Crippen molar-refractivity contribution in [3.05, 3.63) is 17.0 Å². The lowest BCUT2D eigenvalue weighted by atomic mass is 9.80. The molecular formula is C19H35IN4O. The molecule has 1 aromatic heterocycles. The summed E-state index contributed by atoms with van der Waals surface area (Å²) < 4.78 is 5.21. The van der Waals surface area contributed by atoms with Gasteiger partial charge in [0.2, 0.25) is 0 Å². The maximum Gasteiger partial charge on any atom is 0.191 e. The lowest BCUT2D eigenvalue weighted by Crippen LogP contribution is -2.45. The Morgan fingerprint density at radius 2 is 1.92 bits per heavy atom. The Balaban J connectivity index is 0.00000312. The summed E-state index contributed by atoms with van der Waals surface area (Å²) in [6.45, 7) is 9.59. The van der Waals surface area contributed by atoms with Crippen LogP contribution in [0.4, 0.5) is 0 Å². The molecule has 2 rings (SSSR count). The molecule has 1 aromatic rings. The molecule has 0 atom stereocenters. The van der Waals surface area contributed by atoms with Gasteiger partial charge in [0.25, 0.3) is 0 Å². The van der Waals surface area contributed by atoms with Gasteiger partial charge in [-0.2, -0.15) is 0 Å². The predicted molar refractivity (Wildman–Crippen MR) is 115 cm³/mol. The molecule has 1 saturated carbocycles. The molecule has 0 radical (unpaired) electrons. The Kier molecular flexibility index (Phi) is 9.82. The van der Waals surface area contributed by atoms with Crippen LogP contribution in [0.1, 0.15) is 63.0 Å². The van der Waals surface area contributed by atoms with Gasteiger partial charge in [0, 0.05) is 25.2 Å². The van der Waals surface area contributed by atoms with E-state index in [0.717, 1.165) is 48.6 Å². The molecule has 1 heterocycles. The van der Waals surface area contributed by atoms with Crippen molar-refractivity contribution in [1.29, 1.82) is 0 Å². The second-order valence-electron chi connectivity index (χ2n) is 7.41. The third kappa shape index (κ3) is 6.79. The summed E-state index contributed by atoms with van der Waals surface area (Å²) in [5.41, 5.74) is 2.25. The highest BCUT2D eigenvalue weighted by molar-refractivity contribution is 14.0. The second-order valence-corrected chi connectivity index (χ2v) is 7.41. The first-order valence-corrected chi connectivity index (χ1v) is 9.40. The van der Waals surface area contributed by atoms with Crippen LogP contribution < -0.4 is 10.6 Å². The number of aromatic nitrogens is 1. The lowest BCUT2D eigenvalue weighted by Gasteiger charge is -2.32. The molecule has 0 amide bonds. The van der Waals surface area contributed by atoms with Gasteiger partial charge in [-0.15, -0.1) is 24.0 Å². The summed E-state index contributed by atoms with van der Waals surface area (Å²) in [6.07, 6.45) is 7.20. The fourth-order valence-corrected chi connectivity index (χ4v) is 3.65. The van der Waals surface area contributed by atoms with Gasteiger partial charge in [-0.25, -0.2) is 0 Å². The van der Waals surface area contributed by atoms with Crippen molar-refractivity contribution in [2.75, 3.05) is 13.6 Å². The monoisotopic (exact) mass is 462 g/mol. The second kappa shape index (κ2) is 11.0. The van der Waals surface area contributed by atoms with Gasteiger partial charge in [-0.1, -0.05) is 19.0 Å². The molecule has 25 heavy (non-hydrogen) atoms. The van der Waals surface area contributed by atoms with E-state index in [1.165, 1.54) is 31.2 Å². The van der Waals surface area contributed by atoms with E-state index in [-0.39, 0.29) is 24.0 Å². The van der Waals surface area contributed by atoms with E-state index in [2.05, 4.69) is 34.6 Å². The zero-order valence-electron chi connectivity index (χ0n) is 16.4. The van der Waals surface area contributed by atoms with Crippen LogP contribution in [0.5, 0.6) is 0 Å². The molecule has 6 heteroatoms. The van der Waals surface area contributed by atoms with Crippen LogP contribution in [0.3, 0.4) is 0 Å². The van der Waals surface area contributed by atoms with E-state index in [0.29, 0.717) is 6.04 Å². The summed E-state index contributed by atoms with van der Waals surface area (Å²) >= 11 is 0. The van der Waals surface area contributed by atoms with Crippen molar-refractivity contribution in [2.24, 2.45) is 16.8 Å². The highest BCUT2D eigenvalue weighted by Gasteiger charge is 2.23. The number of halogens is 1. The molecule has 0 bridgehead atoms. The maximum atomic E-state index is 5.21. The normalized spacial score (nSPS) is 21.1. The number of hydrogen-bond donors (Lipinski definition) is 2. The molecule has 2 N–H and O–H groups in total. The Morgan fingerprint density at radius 1 is 1.24 bits per heavy atom. The van der Waals surface area contributed by atoms with Gasteiger partial charge < -0.3 is 15.2 Å². The number of aliphatic imine (C=N–C) groups is 1. The number of nitrogens with zero attached hydrogens (tertiary/aromatic N) is 2. The standard InChI is InChI=1S/C19H34N4O.HI/c1-13(2)16-8-10-17(11-9-16)22-19(20-5)21-12-6-7-18-14(3)23-24-15(18)4;/h13,16-17H,6-12H2,1-5H3,(H2,20,21,22);1H. The Morgan fingerprint density at radius 3 is 2.44 bits per heavy atom. The number of guanidine groups is 1. The third-order valence-corrected chi connectivity index (χ3v) is 5.36. The zero-order valence-corrected chi connectivity index (χ0v) is 18.7. The quantitative estimate of drug-likeness (QED) is 0.288. The highest BCUT2D eigenvalue weighted by atomic mass is 127. The average Bonchev–Trinajstić information content (AvgIpc) is 2.89. The molecule has 144 valence electrons. The number of aryl methyl sites for hydroxylation is 2. The first kappa shape index (κ1) is 22.3. The summed E-state index contributed by atoms with van der Waals surface area (Å²) in [5, 5.41) is 11.0. The molecule has 0 spiro atoms. The SMILES string of the molecule is CN=C(NCCCc1c(C)noc1C)NC1CCC(C(C)C)CC1.I. The van der Waals surface area contributed by atoms with E-state index in [1.807, 2.05) is 20.9 Å². The van der Waals surface area contributed by atoms with Gasteiger partial charge in [0.05, 0.1) is 5.69 Å². The minimum atomic E-state index is 0. The fraction of sp³-hybridized carbons (Fsp3) is 0.789. The van der Waals surface area contributed by atoms with Gasteiger partial charge in [0.1, 0.15) is 5.76 Å². The zero-order chi connectivity index (χ0) is 17.5. The number of nitrogens with one attached hydrogen (secondary N) is 2. The highest BCUT2D eigenvalue weighted by Crippen LogP contribution is 2.29. The summed E-state index contributed by atoms with van der Waals surface area (Å²) in [4.78, 5) is 4.37. The Labute approximate surface area is 169 Å². The van der Waals surface area contributed by atoms with Crippen molar-refractivity contribution in [1.82, 2.24) is 15.8 Å². The van der Waals surface area contributed by atoms with Crippen molar-refractivity contribution in [3.8, 4) is 0 Å². The Hall–Kier alpha value is -0.790.